The number of hydrogen-bond acceptors (Lipinski definition) is 5. The highest BCUT2D eigenvalue weighted by molar-refractivity contribution is 8.13. The summed E-state index contributed by atoms with van der Waals surface area (Å²) in [6.07, 6.45) is 2.57. The zero-order chi connectivity index (χ0) is 10.6. The van der Waals surface area contributed by atoms with Gasteiger partial charge in [0, 0.05) is 24.0 Å². The van der Waals surface area contributed by atoms with E-state index in [0.29, 0.717) is 0 Å². The van der Waals surface area contributed by atoms with Crippen LogP contribution in [-0.2, 0) is 13.8 Å². The van der Waals surface area contributed by atoms with E-state index in [1.54, 1.807) is 0 Å². The molecule has 5 nitrogen and oxygen atoms in total. The third-order valence-electron chi connectivity index (χ3n) is 1.34. The second kappa shape index (κ2) is 4.59. The van der Waals surface area contributed by atoms with Gasteiger partial charge < -0.3 is 9.47 Å². The fourth-order valence-corrected chi connectivity index (χ4v) is 1.76. The van der Waals surface area contributed by atoms with E-state index in [9.17, 15) is 8.42 Å². The summed E-state index contributed by atoms with van der Waals surface area (Å²) in [7, 11) is 2.78. The summed E-state index contributed by atoms with van der Waals surface area (Å²) in [5.74, 6) is 0.0735. The first kappa shape index (κ1) is 11.2. The van der Waals surface area contributed by atoms with Crippen LogP contribution in [0.2, 0.25) is 0 Å². The molecule has 78 valence electrons. The van der Waals surface area contributed by atoms with E-state index >= 15 is 0 Å². The highest BCUT2D eigenvalue weighted by Gasteiger charge is 2.16. The normalized spacial score (nSPS) is 11.3. The van der Waals surface area contributed by atoms with E-state index in [0.717, 1.165) is 0 Å². The van der Waals surface area contributed by atoms with Crippen LogP contribution in [0.3, 0.4) is 0 Å². The van der Waals surface area contributed by atoms with Crippen LogP contribution in [0.15, 0.2) is 23.4 Å². The molecule has 0 amide bonds. The fraction of sp³-hybridized carbons (Fsp3) is 0.286. The molecule has 1 aromatic heterocycles. The molecule has 0 saturated heterocycles. The third kappa shape index (κ3) is 2.83. The van der Waals surface area contributed by atoms with Gasteiger partial charge >= 0.3 is 0 Å². The van der Waals surface area contributed by atoms with Gasteiger partial charge in [-0.1, -0.05) is 0 Å². The lowest BCUT2D eigenvalue weighted by atomic mass is 10.5. The minimum atomic E-state index is -3.81. The van der Waals surface area contributed by atoms with Crippen molar-refractivity contribution in [3.63, 3.8) is 0 Å². The summed E-state index contributed by atoms with van der Waals surface area (Å²) < 4.78 is 31.7. The minimum absolute atomic E-state index is 0.0644. The van der Waals surface area contributed by atoms with E-state index in [4.69, 9.17) is 15.4 Å². The molecule has 0 bridgehead atoms. The van der Waals surface area contributed by atoms with Gasteiger partial charge in [0.05, 0.1) is 6.20 Å². The molecule has 7 heteroatoms. The Bertz CT molecular complexity index is 406. The molecule has 0 fully saturated rings. The van der Waals surface area contributed by atoms with Crippen LogP contribution in [0.1, 0.15) is 0 Å². The van der Waals surface area contributed by atoms with Crippen molar-refractivity contribution in [2.75, 3.05) is 13.9 Å². The van der Waals surface area contributed by atoms with E-state index in [2.05, 4.69) is 9.72 Å². The van der Waals surface area contributed by atoms with Crippen LogP contribution >= 0.6 is 10.7 Å². The first-order valence-electron chi connectivity index (χ1n) is 3.56. The Labute approximate surface area is 86.0 Å². The van der Waals surface area contributed by atoms with Gasteiger partial charge in [-0.15, -0.1) is 0 Å². The van der Waals surface area contributed by atoms with Crippen molar-refractivity contribution in [2.24, 2.45) is 0 Å². The average molecular weight is 238 g/mol. The lowest BCUT2D eigenvalue weighted by molar-refractivity contribution is 0.0487. The number of halogens is 1. The third-order valence-corrected chi connectivity index (χ3v) is 2.70. The number of aromatic nitrogens is 1. The summed E-state index contributed by atoms with van der Waals surface area (Å²) in [6.45, 7) is -0.0644. The molecule has 0 N–H and O–H groups in total. The Morgan fingerprint density at radius 2 is 2.29 bits per heavy atom. The second-order valence-corrected chi connectivity index (χ2v) is 4.85. The zero-order valence-electron chi connectivity index (χ0n) is 7.31. The molecule has 0 aliphatic carbocycles. The lowest BCUT2D eigenvalue weighted by Gasteiger charge is -2.06. The van der Waals surface area contributed by atoms with Crippen LogP contribution in [0.5, 0.6) is 5.75 Å². The van der Waals surface area contributed by atoms with Crippen molar-refractivity contribution in [3.8, 4) is 5.75 Å². The maximum Gasteiger partial charge on any atom is 0.265 e. The summed E-state index contributed by atoms with van der Waals surface area (Å²) >= 11 is 0. The topological polar surface area (TPSA) is 65.5 Å². The van der Waals surface area contributed by atoms with Crippen molar-refractivity contribution < 1.29 is 17.9 Å². The van der Waals surface area contributed by atoms with Crippen molar-refractivity contribution in [2.45, 2.75) is 4.90 Å². The molecule has 0 unspecified atom stereocenters. The van der Waals surface area contributed by atoms with Crippen molar-refractivity contribution in [1.82, 2.24) is 4.98 Å². The summed E-state index contributed by atoms with van der Waals surface area (Å²) in [5, 5.41) is 0. The molecule has 0 atom stereocenters. The SMILES string of the molecule is COCOc1cnccc1S(=O)(=O)Cl. The van der Waals surface area contributed by atoms with Gasteiger partial charge in [-0.05, 0) is 6.07 Å². The average Bonchev–Trinajstić information content (AvgIpc) is 2.14. The molecular weight excluding hydrogens is 230 g/mol. The van der Waals surface area contributed by atoms with Crippen molar-refractivity contribution in [3.05, 3.63) is 18.5 Å². The first-order valence-corrected chi connectivity index (χ1v) is 5.87. The Morgan fingerprint density at radius 3 is 2.86 bits per heavy atom. The number of hydrogen-bond donors (Lipinski definition) is 0. The van der Waals surface area contributed by atoms with Crippen molar-refractivity contribution >= 4 is 19.7 Å². The first-order chi connectivity index (χ1) is 6.55. The van der Waals surface area contributed by atoms with Crippen molar-refractivity contribution in [1.29, 1.82) is 0 Å². The maximum atomic E-state index is 11.0. The predicted octanol–water partition coefficient (Wildman–Crippen LogP) is 0.992. The van der Waals surface area contributed by atoms with Gasteiger partial charge in [-0.2, -0.15) is 0 Å². The molecule has 0 aliphatic heterocycles. The lowest BCUT2D eigenvalue weighted by Crippen LogP contribution is -2.03. The molecule has 1 heterocycles. The monoisotopic (exact) mass is 237 g/mol. The highest BCUT2D eigenvalue weighted by atomic mass is 35.7. The van der Waals surface area contributed by atoms with Gasteiger partial charge in [0.1, 0.15) is 4.90 Å². The minimum Gasteiger partial charge on any atom is -0.465 e. The molecule has 1 aromatic rings. The highest BCUT2D eigenvalue weighted by Crippen LogP contribution is 2.25. The number of rotatable bonds is 4. The zero-order valence-corrected chi connectivity index (χ0v) is 8.88. The van der Waals surface area contributed by atoms with Gasteiger partial charge in [-0.3, -0.25) is 4.98 Å². The Morgan fingerprint density at radius 1 is 1.57 bits per heavy atom. The van der Waals surface area contributed by atoms with Gasteiger partial charge in [0.15, 0.2) is 12.5 Å². The predicted molar refractivity (Wildman–Crippen MR) is 49.8 cm³/mol. The quantitative estimate of drug-likeness (QED) is 0.577. The van der Waals surface area contributed by atoms with Gasteiger partial charge in [0.2, 0.25) is 0 Å². The molecular formula is C7H8ClNO4S. The molecule has 0 saturated carbocycles. The standard InChI is InChI=1S/C7H8ClNO4S/c1-12-5-13-6-4-9-3-2-7(6)14(8,10)11/h2-4H,5H2,1H3. The smallest absolute Gasteiger partial charge is 0.265 e. The number of pyridine rings is 1. The number of methoxy groups -OCH3 is 1. The number of ether oxygens (including phenoxy) is 2. The van der Waals surface area contributed by atoms with Gasteiger partial charge in [0.25, 0.3) is 9.05 Å². The molecule has 0 spiro atoms. The summed E-state index contributed by atoms with van der Waals surface area (Å²) in [6, 6.07) is 1.26. The van der Waals surface area contributed by atoms with E-state index in [-0.39, 0.29) is 17.4 Å². The van der Waals surface area contributed by atoms with E-state index in [1.807, 2.05) is 0 Å². The van der Waals surface area contributed by atoms with Crippen LogP contribution < -0.4 is 4.74 Å². The molecule has 0 aliphatic rings. The van der Waals surface area contributed by atoms with Crippen LogP contribution in [0.4, 0.5) is 0 Å². The molecule has 1 rings (SSSR count). The molecule has 0 aromatic carbocycles. The Kier molecular flexibility index (Phi) is 3.68. The second-order valence-electron chi connectivity index (χ2n) is 2.31. The van der Waals surface area contributed by atoms with Crippen LogP contribution in [0, 0.1) is 0 Å². The summed E-state index contributed by atoms with van der Waals surface area (Å²) in [5.41, 5.74) is 0. The van der Waals surface area contributed by atoms with Crippen LogP contribution in [0.25, 0.3) is 0 Å². The van der Waals surface area contributed by atoms with E-state index < -0.39 is 9.05 Å². The van der Waals surface area contributed by atoms with E-state index in [1.165, 1.54) is 25.6 Å². The van der Waals surface area contributed by atoms with Crippen LogP contribution in [-0.4, -0.2) is 27.3 Å². The molecule has 14 heavy (non-hydrogen) atoms. The molecule has 0 radical (unpaired) electrons. The Balaban J connectivity index is 3.04. The number of nitrogens with zero attached hydrogens (tertiary/aromatic N) is 1. The Hall–Kier alpha value is -0.850. The largest absolute Gasteiger partial charge is 0.465 e. The maximum absolute atomic E-state index is 11.0. The van der Waals surface area contributed by atoms with Gasteiger partial charge in [-0.25, -0.2) is 8.42 Å². The fourth-order valence-electron chi connectivity index (χ4n) is 0.799. The summed E-state index contributed by atoms with van der Waals surface area (Å²) in [4.78, 5) is 3.59.